The van der Waals surface area contributed by atoms with E-state index in [1.54, 1.807) is 6.92 Å². The molecule has 1 aliphatic heterocycles. The molecule has 4 nitrogen and oxygen atoms in total. The number of unbranched alkanes of at least 4 members (excludes halogenated alkanes) is 1. The van der Waals surface area contributed by atoms with E-state index >= 15 is 0 Å². The zero-order chi connectivity index (χ0) is 16.5. The van der Waals surface area contributed by atoms with Gasteiger partial charge in [0.05, 0.1) is 0 Å². The first kappa shape index (κ1) is 16.8. The Balaban J connectivity index is 2.39. The molecular weight excluding hydrogens is 276 g/mol. The van der Waals surface area contributed by atoms with Gasteiger partial charge in [-0.3, -0.25) is 4.90 Å². The number of benzene rings is 1. The quantitative estimate of drug-likeness (QED) is 0.916. The molecule has 122 valence electrons. The fraction of sp³-hybridized carbons (Fsp3) is 0.611. The van der Waals surface area contributed by atoms with Crippen LogP contribution in [0.3, 0.4) is 0 Å². The van der Waals surface area contributed by atoms with Gasteiger partial charge in [-0.05, 0) is 46.2 Å². The predicted octanol–water partition coefficient (Wildman–Crippen LogP) is 3.91. The number of urea groups is 1. The lowest BCUT2D eigenvalue weighted by atomic mass is 9.87. The first-order chi connectivity index (χ1) is 10.2. The van der Waals surface area contributed by atoms with Gasteiger partial charge in [-0.1, -0.05) is 31.0 Å². The Kier molecular flexibility index (Phi) is 4.52. The third-order valence-electron chi connectivity index (χ3n) is 4.43. The number of hydrogen-bond acceptors (Lipinski definition) is 2. The second kappa shape index (κ2) is 5.92. The average molecular weight is 304 g/mol. The van der Waals surface area contributed by atoms with E-state index in [1.807, 2.05) is 49.9 Å². The Morgan fingerprint density at radius 3 is 2.32 bits per heavy atom. The van der Waals surface area contributed by atoms with Crippen LogP contribution in [0.15, 0.2) is 24.3 Å². The van der Waals surface area contributed by atoms with E-state index in [0.29, 0.717) is 6.42 Å². The van der Waals surface area contributed by atoms with Crippen molar-refractivity contribution >= 4 is 11.7 Å². The fourth-order valence-corrected chi connectivity index (χ4v) is 3.38. The van der Waals surface area contributed by atoms with Crippen LogP contribution in [0.1, 0.15) is 52.5 Å². The van der Waals surface area contributed by atoms with Gasteiger partial charge in [-0.15, -0.1) is 0 Å². The Morgan fingerprint density at radius 1 is 1.18 bits per heavy atom. The van der Waals surface area contributed by atoms with Crippen LogP contribution in [0.2, 0.25) is 0 Å². The van der Waals surface area contributed by atoms with E-state index in [9.17, 15) is 9.90 Å². The van der Waals surface area contributed by atoms with Crippen molar-refractivity contribution < 1.29 is 9.90 Å². The summed E-state index contributed by atoms with van der Waals surface area (Å²) in [6.07, 6.45) is 2.53. The zero-order valence-electron chi connectivity index (χ0n) is 14.4. The van der Waals surface area contributed by atoms with Crippen molar-refractivity contribution in [3.63, 3.8) is 0 Å². The number of nitrogens with zero attached hydrogens (tertiary/aromatic N) is 2. The van der Waals surface area contributed by atoms with Crippen LogP contribution in [0.4, 0.5) is 10.5 Å². The van der Waals surface area contributed by atoms with Crippen molar-refractivity contribution in [2.24, 2.45) is 0 Å². The van der Waals surface area contributed by atoms with Gasteiger partial charge in [0.15, 0.2) is 0 Å². The Bertz CT molecular complexity index is 535. The minimum absolute atomic E-state index is 0.112. The third kappa shape index (κ3) is 3.12. The molecule has 0 bridgehead atoms. The first-order valence-electron chi connectivity index (χ1n) is 8.10. The second-order valence-corrected chi connectivity index (χ2v) is 7.16. The molecule has 1 atom stereocenters. The molecule has 1 aromatic carbocycles. The van der Waals surface area contributed by atoms with Crippen LogP contribution in [0.25, 0.3) is 0 Å². The summed E-state index contributed by atoms with van der Waals surface area (Å²) < 4.78 is 0. The number of rotatable bonds is 4. The topological polar surface area (TPSA) is 43.8 Å². The maximum Gasteiger partial charge on any atom is 0.327 e. The molecule has 1 heterocycles. The maximum atomic E-state index is 13.0. The highest BCUT2D eigenvalue weighted by Crippen LogP contribution is 2.38. The smallest absolute Gasteiger partial charge is 0.327 e. The molecule has 1 saturated heterocycles. The van der Waals surface area contributed by atoms with Crippen LogP contribution in [-0.4, -0.2) is 33.8 Å². The molecule has 0 saturated carbocycles. The lowest BCUT2D eigenvalue weighted by Crippen LogP contribution is -2.68. The molecule has 1 unspecified atom stereocenters. The highest BCUT2D eigenvalue weighted by molar-refractivity contribution is 5.94. The molecule has 1 aromatic rings. The Hall–Kier alpha value is -1.55. The lowest BCUT2D eigenvalue weighted by Gasteiger charge is -2.53. The van der Waals surface area contributed by atoms with Crippen LogP contribution >= 0.6 is 0 Å². The van der Waals surface area contributed by atoms with Crippen molar-refractivity contribution in [2.75, 3.05) is 11.4 Å². The number of aryl methyl sites for hydroxylation is 1. The maximum absolute atomic E-state index is 13.0. The fourth-order valence-electron chi connectivity index (χ4n) is 3.38. The summed E-state index contributed by atoms with van der Waals surface area (Å²) in [4.78, 5) is 16.5. The summed E-state index contributed by atoms with van der Waals surface area (Å²) in [5.74, 6) is 0. The minimum Gasteiger partial charge on any atom is -0.371 e. The largest absolute Gasteiger partial charge is 0.371 e. The van der Waals surface area contributed by atoms with Crippen LogP contribution in [-0.2, 0) is 0 Å². The molecule has 2 amide bonds. The van der Waals surface area contributed by atoms with Crippen molar-refractivity contribution in [3.8, 4) is 0 Å². The van der Waals surface area contributed by atoms with E-state index in [2.05, 4.69) is 6.92 Å². The second-order valence-electron chi connectivity index (χ2n) is 7.16. The van der Waals surface area contributed by atoms with Crippen molar-refractivity contribution in [3.05, 3.63) is 29.8 Å². The van der Waals surface area contributed by atoms with Crippen LogP contribution in [0, 0.1) is 6.92 Å². The number of amides is 2. The van der Waals surface area contributed by atoms with E-state index in [0.717, 1.165) is 30.6 Å². The van der Waals surface area contributed by atoms with E-state index in [1.165, 1.54) is 4.90 Å². The zero-order valence-corrected chi connectivity index (χ0v) is 14.4. The van der Waals surface area contributed by atoms with Gasteiger partial charge in [-0.2, -0.15) is 0 Å². The predicted molar refractivity (Wildman–Crippen MR) is 90.0 cm³/mol. The molecule has 0 aliphatic carbocycles. The number of carbonyl (C=O) groups is 1. The summed E-state index contributed by atoms with van der Waals surface area (Å²) in [5, 5.41) is 10.9. The minimum atomic E-state index is -1.18. The molecule has 4 heteroatoms. The van der Waals surface area contributed by atoms with Crippen LogP contribution < -0.4 is 4.90 Å². The summed E-state index contributed by atoms with van der Waals surface area (Å²) in [6.45, 7) is 10.6. The highest BCUT2D eigenvalue weighted by Gasteiger charge is 2.50. The first-order valence-corrected chi connectivity index (χ1v) is 8.10. The third-order valence-corrected chi connectivity index (χ3v) is 4.43. The van der Waals surface area contributed by atoms with E-state index in [-0.39, 0.29) is 11.6 Å². The van der Waals surface area contributed by atoms with Crippen LogP contribution in [0.5, 0.6) is 0 Å². The highest BCUT2D eigenvalue weighted by atomic mass is 16.3. The molecule has 0 radical (unpaired) electrons. The standard InChI is InChI=1S/C18H28N2O2/c1-6-7-12-19-16(21)20(15-10-8-14(2)9-11-15)18(5,22)13-17(19,3)4/h8-11,22H,6-7,12-13H2,1-5H3. The SMILES string of the molecule is CCCCN1C(=O)N(c2ccc(C)cc2)C(C)(O)CC1(C)C. The number of anilines is 1. The molecule has 0 spiro atoms. The average Bonchev–Trinajstić information content (AvgIpc) is 2.38. The van der Waals surface area contributed by atoms with Crippen molar-refractivity contribution in [2.45, 2.75) is 65.1 Å². The summed E-state index contributed by atoms with van der Waals surface area (Å²) >= 11 is 0. The Labute approximate surface area is 133 Å². The Morgan fingerprint density at radius 2 is 1.77 bits per heavy atom. The molecule has 0 aromatic heterocycles. The summed E-state index contributed by atoms with van der Waals surface area (Å²) in [5.41, 5.74) is 0.351. The normalized spacial score (nSPS) is 24.7. The number of carbonyl (C=O) groups excluding carboxylic acids is 1. The number of hydrogen-bond donors (Lipinski definition) is 1. The molecular formula is C18H28N2O2. The van der Waals surface area contributed by atoms with Crippen molar-refractivity contribution in [1.82, 2.24) is 4.90 Å². The van der Waals surface area contributed by atoms with Gasteiger partial charge in [-0.25, -0.2) is 4.79 Å². The van der Waals surface area contributed by atoms with Gasteiger partial charge in [0.2, 0.25) is 0 Å². The molecule has 1 fully saturated rings. The van der Waals surface area contributed by atoms with Crippen molar-refractivity contribution in [1.29, 1.82) is 0 Å². The van der Waals surface area contributed by atoms with Gasteiger partial charge < -0.3 is 10.0 Å². The molecule has 22 heavy (non-hydrogen) atoms. The monoisotopic (exact) mass is 304 g/mol. The molecule has 1 aliphatic rings. The molecule has 1 N–H and O–H groups in total. The van der Waals surface area contributed by atoms with Gasteiger partial charge >= 0.3 is 6.03 Å². The molecule has 2 rings (SSSR count). The van der Waals surface area contributed by atoms with Gasteiger partial charge in [0, 0.05) is 24.2 Å². The summed E-state index contributed by atoms with van der Waals surface area (Å²) in [6, 6.07) is 7.62. The van der Waals surface area contributed by atoms with Gasteiger partial charge in [0.25, 0.3) is 0 Å². The van der Waals surface area contributed by atoms with E-state index in [4.69, 9.17) is 0 Å². The lowest BCUT2D eigenvalue weighted by molar-refractivity contribution is -0.0255. The van der Waals surface area contributed by atoms with Gasteiger partial charge in [0.1, 0.15) is 5.72 Å². The van der Waals surface area contributed by atoms with E-state index < -0.39 is 5.72 Å². The number of aliphatic hydroxyl groups is 1. The summed E-state index contributed by atoms with van der Waals surface area (Å²) in [7, 11) is 0.